The molecule has 0 amide bonds. The summed E-state index contributed by atoms with van der Waals surface area (Å²) in [6.07, 6.45) is 1.59. The molecule has 1 aliphatic heterocycles. The second kappa shape index (κ2) is 3.70. The summed E-state index contributed by atoms with van der Waals surface area (Å²) in [6, 6.07) is 9.84. The Morgan fingerprint density at radius 3 is 2.88 bits per heavy atom. The number of hydrogen-bond donors (Lipinski definition) is 0. The molecule has 1 aromatic heterocycles. The molecule has 0 N–H and O–H groups in total. The third-order valence-corrected chi connectivity index (χ3v) is 2.93. The summed E-state index contributed by atoms with van der Waals surface area (Å²) in [6.45, 7) is 2.24. The van der Waals surface area contributed by atoms with Gasteiger partial charge in [-0.1, -0.05) is 24.3 Å². The molecule has 1 aliphatic rings. The van der Waals surface area contributed by atoms with Crippen molar-refractivity contribution >= 4 is 5.97 Å². The summed E-state index contributed by atoms with van der Waals surface area (Å²) in [5, 5.41) is 0. The van der Waals surface area contributed by atoms with E-state index in [1.807, 2.05) is 37.3 Å². The van der Waals surface area contributed by atoms with Gasteiger partial charge in [-0.15, -0.1) is 0 Å². The first-order valence-corrected chi connectivity index (χ1v) is 5.48. The molecule has 3 rings (SSSR count). The smallest absolute Gasteiger partial charge is 0.340 e. The Kier molecular flexibility index (Phi) is 2.18. The summed E-state index contributed by atoms with van der Waals surface area (Å²) in [7, 11) is 0. The van der Waals surface area contributed by atoms with Crippen LogP contribution in [0.15, 0.2) is 36.5 Å². The van der Waals surface area contributed by atoms with Crippen molar-refractivity contribution in [3.8, 4) is 11.1 Å². The molecule has 0 radical (unpaired) electrons. The topological polar surface area (TPSA) is 39.2 Å². The predicted molar refractivity (Wildman–Crippen MR) is 63.5 cm³/mol. The lowest BCUT2D eigenvalue weighted by atomic mass is 9.97. The molecule has 0 bridgehead atoms. The summed E-state index contributed by atoms with van der Waals surface area (Å²) in [5.74, 6) is -0.302. The third kappa shape index (κ3) is 1.60. The van der Waals surface area contributed by atoms with Crippen LogP contribution >= 0.6 is 0 Å². The number of aromatic nitrogens is 1. The highest BCUT2D eigenvalue weighted by atomic mass is 16.5. The first-order valence-electron chi connectivity index (χ1n) is 5.48. The van der Waals surface area contributed by atoms with E-state index >= 15 is 0 Å². The van der Waals surface area contributed by atoms with E-state index in [0.717, 1.165) is 22.4 Å². The van der Waals surface area contributed by atoms with Gasteiger partial charge in [-0.25, -0.2) is 4.79 Å². The highest BCUT2D eigenvalue weighted by molar-refractivity contribution is 5.98. The number of carbonyl (C=O) groups is 1. The second-order valence-electron chi connectivity index (χ2n) is 4.10. The van der Waals surface area contributed by atoms with E-state index in [0.29, 0.717) is 12.2 Å². The first-order chi connectivity index (χ1) is 8.25. The van der Waals surface area contributed by atoms with E-state index in [9.17, 15) is 4.79 Å². The van der Waals surface area contributed by atoms with Crippen LogP contribution in [0.5, 0.6) is 0 Å². The molecular formula is C14H11NO2. The van der Waals surface area contributed by atoms with Crippen LogP contribution in [0.3, 0.4) is 0 Å². The van der Waals surface area contributed by atoms with Crippen LogP contribution in [0.2, 0.25) is 0 Å². The lowest BCUT2D eigenvalue weighted by molar-refractivity contribution is 0.0478. The number of aryl methyl sites for hydroxylation is 1. The highest BCUT2D eigenvalue weighted by Gasteiger charge is 2.21. The van der Waals surface area contributed by atoms with Gasteiger partial charge in [0, 0.05) is 11.9 Å². The van der Waals surface area contributed by atoms with Crippen LogP contribution < -0.4 is 0 Å². The van der Waals surface area contributed by atoms with Crippen molar-refractivity contribution in [2.75, 3.05) is 0 Å². The molecule has 0 spiro atoms. The molecule has 3 nitrogen and oxygen atoms in total. The van der Waals surface area contributed by atoms with Crippen molar-refractivity contribution in [1.82, 2.24) is 4.98 Å². The van der Waals surface area contributed by atoms with Gasteiger partial charge in [-0.05, 0) is 29.7 Å². The van der Waals surface area contributed by atoms with Gasteiger partial charge in [0.2, 0.25) is 0 Å². The van der Waals surface area contributed by atoms with Crippen LogP contribution in [0.25, 0.3) is 11.1 Å². The molecule has 1 aromatic carbocycles. The summed E-state index contributed by atoms with van der Waals surface area (Å²) in [5.41, 5.74) is 4.44. The molecule has 0 fully saturated rings. The molecule has 2 heterocycles. The first kappa shape index (κ1) is 10.0. The average Bonchev–Trinajstić information content (AvgIpc) is 2.48. The van der Waals surface area contributed by atoms with Gasteiger partial charge < -0.3 is 4.74 Å². The Morgan fingerprint density at radius 2 is 2.00 bits per heavy atom. The molecule has 3 heteroatoms. The maximum atomic E-state index is 11.8. The zero-order valence-corrected chi connectivity index (χ0v) is 9.43. The van der Waals surface area contributed by atoms with Gasteiger partial charge in [0.1, 0.15) is 6.61 Å². The number of cyclic esters (lactones) is 1. The number of rotatable bonds is 0. The standard InChI is InChI=1S/C14H11NO2/c1-9-6-12-11-5-3-2-4-10(11)8-17-14(16)13(12)7-15-9/h2-7H,8H2,1H3. The Morgan fingerprint density at radius 1 is 1.18 bits per heavy atom. The molecule has 0 atom stereocenters. The lowest BCUT2D eigenvalue weighted by Gasteiger charge is -2.06. The maximum absolute atomic E-state index is 11.8. The Bertz CT molecular complexity index is 605. The van der Waals surface area contributed by atoms with Crippen molar-refractivity contribution in [3.63, 3.8) is 0 Å². The summed E-state index contributed by atoms with van der Waals surface area (Å²) < 4.78 is 5.22. The number of benzene rings is 1. The van der Waals surface area contributed by atoms with Gasteiger partial charge in [0.05, 0.1) is 5.56 Å². The SMILES string of the molecule is Cc1cc2c(cn1)C(=O)OCc1ccccc1-2. The normalized spacial score (nSPS) is 13.4. The van der Waals surface area contributed by atoms with Gasteiger partial charge in [-0.2, -0.15) is 0 Å². The van der Waals surface area contributed by atoms with E-state index in [1.165, 1.54) is 0 Å². The monoisotopic (exact) mass is 225 g/mol. The molecule has 0 unspecified atom stereocenters. The van der Waals surface area contributed by atoms with Crippen molar-refractivity contribution in [1.29, 1.82) is 0 Å². The van der Waals surface area contributed by atoms with Crippen LogP contribution in [0.1, 0.15) is 21.6 Å². The minimum absolute atomic E-state index is 0.302. The minimum Gasteiger partial charge on any atom is -0.457 e. The third-order valence-electron chi connectivity index (χ3n) is 2.93. The lowest BCUT2D eigenvalue weighted by Crippen LogP contribution is -2.04. The fraction of sp³-hybridized carbons (Fsp3) is 0.143. The number of carbonyl (C=O) groups excluding carboxylic acids is 1. The van der Waals surface area contributed by atoms with E-state index in [-0.39, 0.29) is 5.97 Å². The number of nitrogens with zero attached hydrogens (tertiary/aromatic N) is 1. The van der Waals surface area contributed by atoms with Crippen molar-refractivity contribution in [2.45, 2.75) is 13.5 Å². The van der Waals surface area contributed by atoms with Crippen LogP contribution in [-0.4, -0.2) is 11.0 Å². The Labute approximate surface area is 99.1 Å². The molecule has 17 heavy (non-hydrogen) atoms. The highest BCUT2D eigenvalue weighted by Crippen LogP contribution is 2.31. The summed E-state index contributed by atoms with van der Waals surface area (Å²) >= 11 is 0. The number of ether oxygens (including phenoxy) is 1. The molecule has 0 saturated heterocycles. The molecule has 0 aliphatic carbocycles. The number of fused-ring (bicyclic) bond motifs is 3. The molecule has 0 saturated carbocycles. The predicted octanol–water partition coefficient (Wildman–Crippen LogP) is 2.73. The van der Waals surface area contributed by atoms with E-state index in [1.54, 1.807) is 6.20 Å². The van der Waals surface area contributed by atoms with Gasteiger partial charge in [-0.3, -0.25) is 4.98 Å². The van der Waals surface area contributed by atoms with Gasteiger partial charge in [0.15, 0.2) is 0 Å². The quantitative estimate of drug-likeness (QED) is 0.647. The zero-order valence-electron chi connectivity index (χ0n) is 9.43. The molecule has 2 aromatic rings. The van der Waals surface area contributed by atoms with E-state index in [4.69, 9.17) is 4.74 Å². The average molecular weight is 225 g/mol. The van der Waals surface area contributed by atoms with Gasteiger partial charge >= 0.3 is 5.97 Å². The molecule has 84 valence electrons. The van der Waals surface area contributed by atoms with Gasteiger partial charge in [0.25, 0.3) is 0 Å². The van der Waals surface area contributed by atoms with E-state index < -0.39 is 0 Å². The van der Waals surface area contributed by atoms with Crippen LogP contribution in [0, 0.1) is 6.92 Å². The van der Waals surface area contributed by atoms with E-state index in [2.05, 4.69) is 4.98 Å². The van der Waals surface area contributed by atoms with Crippen molar-refractivity contribution < 1.29 is 9.53 Å². The largest absolute Gasteiger partial charge is 0.457 e. The maximum Gasteiger partial charge on any atom is 0.340 e. The zero-order chi connectivity index (χ0) is 11.8. The number of pyridine rings is 1. The number of hydrogen-bond acceptors (Lipinski definition) is 3. The second-order valence-corrected chi connectivity index (χ2v) is 4.10. The summed E-state index contributed by atoms with van der Waals surface area (Å²) in [4.78, 5) is 16.0. The Balaban J connectivity index is 2.33. The number of esters is 1. The Hall–Kier alpha value is -2.16. The van der Waals surface area contributed by atoms with Crippen molar-refractivity contribution in [2.24, 2.45) is 0 Å². The van der Waals surface area contributed by atoms with Crippen LogP contribution in [0.4, 0.5) is 0 Å². The fourth-order valence-electron chi connectivity index (χ4n) is 2.08. The minimum atomic E-state index is -0.302. The molecular weight excluding hydrogens is 214 g/mol. The van der Waals surface area contributed by atoms with Crippen molar-refractivity contribution in [3.05, 3.63) is 53.3 Å². The fourth-order valence-corrected chi connectivity index (χ4v) is 2.08. The van der Waals surface area contributed by atoms with Crippen LogP contribution in [-0.2, 0) is 11.3 Å².